The molecule has 22 heavy (non-hydrogen) atoms. The molecule has 3 N–H and O–H groups in total. The third-order valence-corrected chi connectivity index (χ3v) is 3.70. The number of rotatable bonds is 3. The minimum absolute atomic E-state index is 0.223. The third kappa shape index (κ3) is 4.10. The van der Waals surface area contributed by atoms with Crippen LogP contribution < -0.4 is 16.2 Å². The van der Waals surface area contributed by atoms with Gasteiger partial charge in [0.1, 0.15) is 5.69 Å². The molecular weight excluding hydrogens is 319 g/mol. The molecule has 0 radical (unpaired) electrons. The molecule has 2 aromatic heterocycles. The van der Waals surface area contributed by atoms with E-state index < -0.39 is 29.0 Å². The van der Waals surface area contributed by atoms with Crippen LogP contribution >= 0.6 is 11.3 Å². The first kappa shape index (κ1) is 16.1. The van der Waals surface area contributed by atoms with E-state index in [0.29, 0.717) is 12.3 Å². The van der Waals surface area contributed by atoms with Gasteiger partial charge in [0.05, 0.1) is 12.1 Å². The van der Waals surface area contributed by atoms with E-state index in [1.54, 1.807) is 0 Å². The van der Waals surface area contributed by atoms with Crippen molar-refractivity contribution in [2.24, 2.45) is 0 Å². The minimum atomic E-state index is -4.61. The largest absolute Gasteiger partial charge is 0.417 e. The Morgan fingerprint density at radius 2 is 2.09 bits per heavy atom. The van der Waals surface area contributed by atoms with Crippen LogP contribution in [0, 0.1) is 6.92 Å². The Bertz CT molecular complexity index is 737. The molecule has 0 spiro atoms. The van der Waals surface area contributed by atoms with Crippen molar-refractivity contribution < 1.29 is 18.0 Å². The maximum Gasteiger partial charge on any atom is 0.417 e. The van der Waals surface area contributed by atoms with Crippen molar-refractivity contribution in [3.63, 3.8) is 0 Å². The smallest absolute Gasteiger partial charge is 0.333 e. The van der Waals surface area contributed by atoms with Crippen LogP contribution in [-0.4, -0.2) is 11.0 Å². The van der Waals surface area contributed by atoms with E-state index in [0.717, 1.165) is 9.75 Å². The molecule has 0 aliphatic carbocycles. The lowest BCUT2D eigenvalue weighted by Crippen LogP contribution is -2.30. The van der Waals surface area contributed by atoms with Gasteiger partial charge in [0, 0.05) is 16.0 Å². The summed E-state index contributed by atoms with van der Waals surface area (Å²) in [6, 6.07) is 3.55. The first-order valence-corrected chi connectivity index (χ1v) is 6.97. The van der Waals surface area contributed by atoms with E-state index in [2.05, 4.69) is 10.6 Å². The number of hydrogen-bond acceptors (Lipinski definition) is 3. The highest BCUT2D eigenvalue weighted by molar-refractivity contribution is 7.11. The number of carbonyl (C=O) groups excluding carboxylic acids is 1. The summed E-state index contributed by atoms with van der Waals surface area (Å²) in [4.78, 5) is 27.0. The van der Waals surface area contributed by atoms with Crippen molar-refractivity contribution in [1.29, 1.82) is 0 Å². The number of alkyl halides is 3. The van der Waals surface area contributed by atoms with Crippen LogP contribution in [0.2, 0.25) is 0 Å². The monoisotopic (exact) mass is 331 g/mol. The summed E-state index contributed by atoms with van der Waals surface area (Å²) >= 11 is 1.49. The number of carbonyl (C=O) groups is 1. The predicted octanol–water partition coefficient (Wildman–Crippen LogP) is 3.09. The molecule has 0 fully saturated rings. The summed E-state index contributed by atoms with van der Waals surface area (Å²) in [5, 5.41) is 4.58. The molecule has 0 aliphatic heterocycles. The number of halogens is 3. The molecule has 2 amide bonds. The highest BCUT2D eigenvalue weighted by Gasteiger charge is 2.31. The molecule has 0 atom stereocenters. The normalized spacial score (nSPS) is 11.3. The van der Waals surface area contributed by atoms with Gasteiger partial charge in [-0.15, -0.1) is 11.3 Å². The second-order valence-corrected chi connectivity index (χ2v) is 5.82. The Kier molecular flexibility index (Phi) is 4.55. The molecule has 2 heterocycles. The van der Waals surface area contributed by atoms with Gasteiger partial charge in [-0.25, -0.2) is 4.79 Å². The number of H-pyrrole nitrogens is 1. The van der Waals surface area contributed by atoms with Crippen molar-refractivity contribution in [1.82, 2.24) is 10.3 Å². The van der Waals surface area contributed by atoms with Crippen LogP contribution in [0.15, 0.2) is 29.2 Å². The molecule has 5 nitrogen and oxygen atoms in total. The zero-order chi connectivity index (χ0) is 16.3. The Morgan fingerprint density at radius 1 is 1.36 bits per heavy atom. The maximum atomic E-state index is 12.6. The summed E-state index contributed by atoms with van der Waals surface area (Å²) in [5.74, 6) is 0. The van der Waals surface area contributed by atoms with E-state index >= 15 is 0 Å². The van der Waals surface area contributed by atoms with Crippen molar-refractivity contribution in [3.05, 3.63) is 50.1 Å². The number of aromatic amines is 1. The maximum absolute atomic E-state index is 12.6. The number of urea groups is 1. The van der Waals surface area contributed by atoms with E-state index in [1.165, 1.54) is 11.3 Å². The fourth-order valence-corrected chi connectivity index (χ4v) is 2.48. The Labute approximate surface area is 127 Å². The second-order valence-electron chi connectivity index (χ2n) is 4.45. The van der Waals surface area contributed by atoms with E-state index in [-0.39, 0.29) is 6.54 Å². The van der Waals surface area contributed by atoms with Gasteiger partial charge in [-0.05, 0) is 25.1 Å². The fourth-order valence-electron chi connectivity index (χ4n) is 1.65. The van der Waals surface area contributed by atoms with Crippen molar-refractivity contribution >= 4 is 23.1 Å². The lowest BCUT2D eigenvalue weighted by Gasteiger charge is -2.09. The number of hydrogen-bond donors (Lipinski definition) is 3. The standard InChI is InChI=1S/C13H12F3N3O2S/c1-7-2-3-9(22-7)6-18-12(21)19-10-4-8(13(14,15)16)5-17-11(10)20/h2-5H,6H2,1H3,(H,17,20)(H2,18,19,21). The second kappa shape index (κ2) is 6.22. The van der Waals surface area contributed by atoms with Gasteiger partial charge < -0.3 is 15.6 Å². The molecule has 0 aliphatic rings. The van der Waals surface area contributed by atoms with Crippen LogP contribution in [0.3, 0.4) is 0 Å². The Hall–Kier alpha value is -2.29. The number of nitrogens with one attached hydrogen (secondary N) is 3. The summed E-state index contributed by atoms with van der Waals surface area (Å²) in [6.07, 6.45) is -4.05. The van der Waals surface area contributed by atoms with Crippen LogP contribution in [-0.2, 0) is 12.7 Å². The van der Waals surface area contributed by atoms with E-state index in [9.17, 15) is 22.8 Å². The zero-order valence-corrected chi connectivity index (χ0v) is 12.2. The highest BCUT2D eigenvalue weighted by Crippen LogP contribution is 2.29. The first-order chi connectivity index (χ1) is 10.3. The predicted molar refractivity (Wildman–Crippen MR) is 77.0 cm³/mol. The number of pyridine rings is 1. The van der Waals surface area contributed by atoms with Gasteiger partial charge in [0.2, 0.25) is 0 Å². The van der Waals surface area contributed by atoms with Gasteiger partial charge in [-0.2, -0.15) is 13.2 Å². The van der Waals surface area contributed by atoms with E-state index in [1.807, 2.05) is 24.0 Å². The number of aromatic nitrogens is 1. The van der Waals surface area contributed by atoms with Gasteiger partial charge in [-0.1, -0.05) is 0 Å². The van der Waals surface area contributed by atoms with E-state index in [4.69, 9.17) is 0 Å². The average Bonchev–Trinajstić information content (AvgIpc) is 2.83. The molecule has 0 saturated heterocycles. The quantitative estimate of drug-likeness (QED) is 0.808. The third-order valence-electron chi connectivity index (χ3n) is 2.70. The highest BCUT2D eigenvalue weighted by atomic mass is 32.1. The molecule has 0 bridgehead atoms. The number of aryl methyl sites for hydroxylation is 1. The SMILES string of the molecule is Cc1ccc(CNC(=O)Nc2cc(C(F)(F)F)c[nH]c2=O)s1. The van der Waals surface area contributed by atoms with Crippen LogP contribution in [0.25, 0.3) is 0 Å². The molecule has 2 aromatic rings. The van der Waals surface area contributed by atoms with Gasteiger partial charge in [-0.3, -0.25) is 4.79 Å². The Morgan fingerprint density at radius 3 is 2.68 bits per heavy atom. The van der Waals surface area contributed by atoms with Gasteiger partial charge >= 0.3 is 12.2 Å². The minimum Gasteiger partial charge on any atom is -0.333 e. The lowest BCUT2D eigenvalue weighted by atomic mass is 10.2. The summed E-state index contributed by atoms with van der Waals surface area (Å²) in [7, 11) is 0. The summed E-state index contributed by atoms with van der Waals surface area (Å²) in [6.45, 7) is 2.14. The van der Waals surface area contributed by atoms with Crippen molar-refractivity contribution in [2.75, 3.05) is 5.32 Å². The fraction of sp³-hybridized carbons (Fsp3) is 0.231. The summed E-state index contributed by atoms with van der Waals surface area (Å²) < 4.78 is 37.7. The van der Waals surface area contributed by atoms with Crippen LogP contribution in [0.4, 0.5) is 23.7 Å². The van der Waals surface area contributed by atoms with Gasteiger partial charge in [0.15, 0.2) is 0 Å². The molecule has 118 valence electrons. The topological polar surface area (TPSA) is 74.0 Å². The molecule has 0 unspecified atom stereocenters. The molecule has 0 saturated carbocycles. The van der Waals surface area contributed by atoms with Gasteiger partial charge in [0.25, 0.3) is 5.56 Å². The van der Waals surface area contributed by atoms with Crippen molar-refractivity contribution in [3.8, 4) is 0 Å². The van der Waals surface area contributed by atoms with Crippen LogP contribution in [0.1, 0.15) is 15.3 Å². The number of amides is 2. The van der Waals surface area contributed by atoms with Crippen LogP contribution in [0.5, 0.6) is 0 Å². The molecule has 2 rings (SSSR count). The number of anilines is 1. The molecule has 9 heteroatoms. The number of thiophene rings is 1. The van der Waals surface area contributed by atoms with Crippen molar-refractivity contribution in [2.45, 2.75) is 19.6 Å². The lowest BCUT2D eigenvalue weighted by molar-refractivity contribution is -0.137. The molecule has 0 aromatic carbocycles. The average molecular weight is 331 g/mol. The first-order valence-electron chi connectivity index (χ1n) is 6.16. The summed E-state index contributed by atoms with van der Waals surface area (Å²) in [5.41, 5.74) is -2.32. The molecular formula is C13H12F3N3O2S. The Balaban J connectivity index is 2.03. The zero-order valence-electron chi connectivity index (χ0n) is 11.4.